The molecular formula is C7H9NO4. The molecule has 1 heterocycles. The van der Waals surface area contributed by atoms with Crippen LogP contribution in [0.2, 0.25) is 0 Å². The predicted molar refractivity (Wildman–Crippen MR) is 40.1 cm³/mol. The van der Waals surface area contributed by atoms with Crippen molar-refractivity contribution in [2.24, 2.45) is 0 Å². The second-order valence-electron chi connectivity index (χ2n) is 2.43. The van der Waals surface area contributed by atoms with Gasteiger partial charge in [0, 0.05) is 12.1 Å². The fraction of sp³-hybridized carbons (Fsp3) is 0.286. The van der Waals surface area contributed by atoms with E-state index in [1.807, 2.05) is 0 Å². The van der Waals surface area contributed by atoms with E-state index >= 15 is 0 Å². The zero-order valence-electron chi connectivity index (χ0n) is 6.43. The molecule has 0 aliphatic carbocycles. The number of aromatic nitrogens is 1. The first-order valence-corrected chi connectivity index (χ1v) is 3.36. The van der Waals surface area contributed by atoms with Gasteiger partial charge in [0.15, 0.2) is 11.8 Å². The Balaban J connectivity index is 3.08. The Bertz CT molecular complexity index is 285. The van der Waals surface area contributed by atoms with Gasteiger partial charge < -0.3 is 15.3 Å². The van der Waals surface area contributed by atoms with Crippen molar-refractivity contribution in [3.63, 3.8) is 0 Å². The molecule has 12 heavy (non-hydrogen) atoms. The molecule has 0 spiro atoms. The van der Waals surface area contributed by atoms with Crippen molar-refractivity contribution in [1.29, 1.82) is 0 Å². The summed E-state index contributed by atoms with van der Waals surface area (Å²) in [6.07, 6.45) is 0. The van der Waals surface area contributed by atoms with Gasteiger partial charge in [-0.15, -0.1) is 0 Å². The van der Waals surface area contributed by atoms with Crippen LogP contribution in [0.5, 0.6) is 11.8 Å². The zero-order chi connectivity index (χ0) is 9.30. The number of hydrogen-bond donors (Lipinski definition) is 3. The van der Waals surface area contributed by atoms with E-state index in [1.165, 1.54) is 19.1 Å². The van der Waals surface area contributed by atoms with E-state index < -0.39 is 12.0 Å². The van der Waals surface area contributed by atoms with Gasteiger partial charge in [-0.3, -0.25) is 4.57 Å². The van der Waals surface area contributed by atoms with Crippen LogP contribution in [0.3, 0.4) is 0 Å². The van der Waals surface area contributed by atoms with Gasteiger partial charge in [0.05, 0.1) is 0 Å². The molecule has 0 amide bonds. The van der Waals surface area contributed by atoms with Crippen LogP contribution in [0.1, 0.15) is 13.0 Å². The summed E-state index contributed by atoms with van der Waals surface area (Å²) in [5.41, 5.74) is 0. The number of carbonyl (C=O) groups is 1. The van der Waals surface area contributed by atoms with Crippen LogP contribution < -0.4 is 0 Å². The molecule has 0 aromatic carbocycles. The third kappa shape index (κ3) is 1.20. The molecule has 0 radical (unpaired) electrons. The molecule has 1 atom stereocenters. The highest BCUT2D eigenvalue weighted by atomic mass is 16.4. The third-order valence-electron chi connectivity index (χ3n) is 1.62. The summed E-state index contributed by atoms with van der Waals surface area (Å²) in [5.74, 6) is -1.64. The van der Waals surface area contributed by atoms with E-state index in [0.717, 1.165) is 4.57 Å². The maximum atomic E-state index is 10.5. The molecule has 1 aromatic heterocycles. The molecule has 1 aromatic rings. The fourth-order valence-electron chi connectivity index (χ4n) is 0.934. The molecule has 0 fully saturated rings. The molecule has 5 nitrogen and oxygen atoms in total. The van der Waals surface area contributed by atoms with Crippen molar-refractivity contribution in [1.82, 2.24) is 4.57 Å². The Kier molecular flexibility index (Phi) is 1.95. The lowest BCUT2D eigenvalue weighted by atomic mass is 10.3. The number of aliphatic carboxylic acids is 1. The minimum atomic E-state index is -1.11. The number of nitrogens with zero attached hydrogens (tertiary/aromatic N) is 1. The summed E-state index contributed by atoms with van der Waals surface area (Å²) in [7, 11) is 0. The van der Waals surface area contributed by atoms with E-state index in [9.17, 15) is 4.79 Å². The summed E-state index contributed by atoms with van der Waals surface area (Å²) in [5, 5.41) is 26.7. The van der Waals surface area contributed by atoms with Crippen molar-refractivity contribution in [2.75, 3.05) is 0 Å². The van der Waals surface area contributed by atoms with Gasteiger partial charge in [0.2, 0.25) is 0 Å². The summed E-state index contributed by atoms with van der Waals surface area (Å²) in [4.78, 5) is 10.5. The minimum absolute atomic E-state index is 0.262. The molecule has 0 aliphatic rings. The van der Waals surface area contributed by atoms with E-state index in [-0.39, 0.29) is 11.8 Å². The zero-order valence-corrected chi connectivity index (χ0v) is 6.43. The first-order chi connectivity index (χ1) is 5.54. The minimum Gasteiger partial charge on any atom is -0.494 e. The first kappa shape index (κ1) is 8.45. The Morgan fingerprint density at radius 1 is 1.42 bits per heavy atom. The number of rotatable bonds is 2. The van der Waals surface area contributed by atoms with Crippen molar-refractivity contribution in [3.8, 4) is 11.8 Å². The Morgan fingerprint density at radius 3 is 2.17 bits per heavy atom. The van der Waals surface area contributed by atoms with E-state index in [1.54, 1.807) is 0 Å². The molecule has 0 saturated heterocycles. The van der Waals surface area contributed by atoms with Crippen molar-refractivity contribution in [3.05, 3.63) is 12.1 Å². The molecule has 5 heteroatoms. The smallest absolute Gasteiger partial charge is 0.326 e. The highest BCUT2D eigenvalue weighted by molar-refractivity contribution is 5.72. The maximum absolute atomic E-state index is 10.5. The van der Waals surface area contributed by atoms with Crippen LogP contribution in [-0.4, -0.2) is 25.9 Å². The lowest BCUT2D eigenvalue weighted by Crippen LogP contribution is -2.14. The Labute approximate surface area is 68.5 Å². The summed E-state index contributed by atoms with van der Waals surface area (Å²) in [6.45, 7) is 1.36. The van der Waals surface area contributed by atoms with Crippen LogP contribution in [0.25, 0.3) is 0 Å². The van der Waals surface area contributed by atoms with E-state index in [0.29, 0.717) is 0 Å². The summed E-state index contributed by atoms with van der Waals surface area (Å²) >= 11 is 0. The fourth-order valence-corrected chi connectivity index (χ4v) is 0.934. The van der Waals surface area contributed by atoms with Gasteiger partial charge in [0.1, 0.15) is 6.04 Å². The van der Waals surface area contributed by atoms with E-state index in [2.05, 4.69) is 0 Å². The van der Waals surface area contributed by atoms with Crippen molar-refractivity contribution in [2.45, 2.75) is 13.0 Å². The second-order valence-corrected chi connectivity index (χ2v) is 2.43. The molecule has 0 saturated carbocycles. The molecular weight excluding hydrogens is 162 g/mol. The largest absolute Gasteiger partial charge is 0.494 e. The quantitative estimate of drug-likeness (QED) is 0.606. The highest BCUT2D eigenvalue weighted by Gasteiger charge is 2.18. The van der Waals surface area contributed by atoms with Gasteiger partial charge in [-0.25, -0.2) is 4.79 Å². The number of carboxylic acids is 1. The molecule has 0 aliphatic heterocycles. The number of hydrogen-bond acceptors (Lipinski definition) is 3. The van der Waals surface area contributed by atoms with Gasteiger partial charge in [-0.05, 0) is 6.92 Å². The lowest BCUT2D eigenvalue weighted by Gasteiger charge is -2.10. The van der Waals surface area contributed by atoms with Crippen LogP contribution >= 0.6 is 0 Å². The summed E-state index contributed by atoms with van der Waals surface area (Å²) < 4.78 is 0.919. The SMILES string of the molecule is C[C@@H](C(=O)O)n1c(O)ccc1O. The van der Waals surface area contributed by atoms with Crippen LogP contribution in [-0.2, 0) is 4.79 Å². The van der Waals surface area contributed by atoms with Crippen LogP contribution in [0.4, 0.5) is 0 Å². The first-order valence-electron chi connectivity index (χ1n) is 3.36. The molecule has 66 valence electrons. The normalized spacial score (nSPS) is 12.8. The van der Waals surface area contributed by atoms with Gasteiger partial charge in [-0.2, -0.15) is 0 Å². The van der Waals surface area contributed by atoms with Gasteiger partial charge >= 0.3 is 5.97 Å². The molecule has 0 unspecified atom stereocenters. The van der Waals surface area contributed by atoms with Crippen molar-refractivity contribution < 1.29 is 20.1 Å². The topological polar surface area (TPSA) is 82.7 Å². The van der Waals surface area contributed by atoms with Crippen molar-refractivity contribution >= 4 is 5.97 Å². The average molecular weight is 171 g/mol. The summed E-state index contributed by atoms with van der Waals surface area (Å²) in [6, 6.07) is 1.49. The number of aromatic hydroxyl groups is 2. The standard InChI is InChI=1S/C7H9NO4/c1-4(7(11)12)8-5(9)2-3-6(8)10/h2-4,9-10H,1H3,(H,11,12)/t4-/m0/s1. The van der Waals surface area contributed by atoms with Gasteiger partial charge in [0.25, 0.3) is 0 Å². The van der Waals surface area contributed by atoms with Gasteiger partial charge in [-0.1, -0.05) is 0 Å². The van der Waals surface area contributed by atoms with Crippen LogP contribution in [0, 0.1) is 0 Å². The highest BCUT2D eigenvalue weighted by Crippen LogP contribution is 2.26. The van der Waals surface area contributed by atoms with Crippen LogP contribution in [0.15, 0.2) is 12.1 Å². The molecule has 1 rings (SSSR count). The predicted octanol–water partition coefficient (Wildman–Crippen LogP) is 0.545. The molecule has 3 N–H and O–H groups in total. The monoisotopic (exact) mass is 171 g/mol. The van der Waals surface area contributed by atoms with E-state index in [4.69, 9.17) is 15.3 Å². The average Bonchev–Trinajstić information content (AvgIpc) is 2.30. The number of carboxylic acid groups (broad SMARTS) is 1. The third-order valence-corrected chi connectivity index (χ3v) is 1.62. The second kappa shape index (κ2) is 2.77. The Morgan fingerprint density at radius 2 is 1.83 bits per heavy atom. The lowest BCUT2D eigenvalue weighted by molar-refractivity contribution is -0.140. The Hall–Kier alpha value is -1.65. The molecule has 0 bridgehead atoms. The maximum Gasteiger partial charge on any atom is 0.326 e.